The highest BCUT2D eigenvalue weighted by Crippen LogP contribution is 2.29. The normalized spacial score (nSPS) is 28.9. The Hall–Kier alpha value is 0.0200. The lowest BCUT2D eigenvalue weighted by Crippen LogP contribution is -2.15. The largest absolute Gasteiger partial charge is 0.303 e. The zero-order chi connectivity index (χ0) is 5.11. The van der Waals surface area contributed by atoms with Crippen molar-refractivity contribution < 1.29 is 4.79 Å². The summed E-state index contributed by atoms with van der Waals surface area (Å²) in [6, 6.07) is 0. The number of rotatable bonds is 2. The Balaban J connectivity index is 2.03. The van der Waals surface area contributed by atoms with Crippen molar-refractivity contribution in [2.24, 2.45) is 0 Å². The van der Waals surface area contributed by atoms with Gasteiger partial charge in [-0.05, 0) is 12.2 Å². The topological polar surface area (TPSA) is 17.1 Å². The molecule has 1 rings (SSSR count). The van der Waals surface area contributed by atoms with Crippen LogP contribution in [-0.4, -0.2) is 17.3 Å². The van der Waals surface area contributed by atoms with Gasteiger partial charge in [-0.1, -0.05) is 0 Å². The second kappa shape index (κ2) is 2.36. The van der Waals surface area contributed by atoms with E-state index in [1.54, 1.807) is 0 Å². The first-order valence-electron chi connectivity index (χ1n) is 2.48. The van der Waals surface area contributed by atoms with E-state index in [1.807, 2.05) is 11.8 Å². The molecule has 1 saturated heterocycles. The molecule has 0 aromatic carbocycles. The molecule has 0 unspecified atom stereocenters. The minimum Gasteiger partial charge on any atom is -0.303 e. The van der Waals surface area contributed by atoms with Crippen LogP contribution in [0, 0.1) is 0 Å². The highest BCUT2D eigenvalue weighted by Gasteiger charge is 2.16. The molecule has 0 radical (unpaired) electrons. The van der Waals surface area contributed by atoms with Crippen LogP contribution in [0.2, 0.25) is 0 Å². The van der Waals surface area contributed by atoms with Crippen molar-refractivity contribution in [3.63, 3.8) is 0 Å². The molecule has 0 saturated carbocycles. The van der Waals surface area contributed by atoms with E-state index >= 15 is 0 Å². The van der Waals surface area contributed by atoms with Gasteiger partial charge in [-0.3, -0.25) is 0 Å². The van der Waals surface area contributed by atoms with E-state index < -0.39 is 0 Å². The van der Waals surface area contributed by atoms with E-state index in [9.17, 15) is 4.79 Å². The molecular weight excluding hydrogens is 108 g/mol. The molecule has 0 N–H and O–H groups in total. The summed E-state index contributed by atoms with van der Waals surface area (Å²) in [5, 5.41) is 0.678. The molecule has 1 heterocycles. The van der Waals surface area contributed by atoms with Crippen LogP contribution in [-0.2, 0) is 4.79 Å². The van der Waals surface area contributed by atoms with Gasteiger partial charge in [0.15, 0.2) is 0 Å². The van der Waals surface area contributed by atoms with E-state index in [-0.39, 0.29) is 0 Å². The van der Waals surface area contributed by atoms with Gasteiger partial charge in [0.05, 0.1) is 0 Å². The highest BCUT2D eigenvalue weighted by molar-refractivity contribution is 8.01. The van der Waals surface area contributed by atoms with Crippen LogP contribution >= 0.6 is 11.8 Å². The molecule has 0 spiro atoms. The Morgan fingerprint density at radius 1 is 1.86 bits per heavy atom. The Kier molecular flexibility index (Phi) is 1.74. The van der Waals surface area contributed by atoms with Gasteiger partial charge in [0.25, 0.3) is 0 Å². The van der Waals surface area contributed by atoms with Crippen LogP contribution in [0.5, 0.6) is 0 Å². The van der Waals surface area contributed by atoms with Crippen molar-refractivity contribution in [3.05, 3.63) is 0 Å². The second-order valence-electron chi connectivity index (χ2n) is 1.68. The molecule has 1 aliphatic rings. The minimum absolute atomic E-state index is 0.678. The third-order valence-corrected chi connectivity index (χ3v) is 2.52. The molecule has 0 aliphatic carbocycles. The fourth-order valence-corrected chi connectivity index (χ4v) is 1.36. The van der Waals surface area contributed by atoms with Crippen LogP contribution in [0.1, 0.15) is 12.8 Å². The van der Waals surface area contributed by atoms with Gasteiger partial charge in [0.1, 0.15) is 6.29 Å². The summed E-state index contributed by atoms with van der Waals surface area (Å²) in [6.07, 6.45) is 3.03. The number of carbonyl (C=O) groups is 1. The predicted octanol–water partition coefficient (Wildman–Crippen LogP) is 1.08. The number of hydrogen-bond acceptors (Lipinski definition) is 2. The number of thioether (sulfide) groups is 1. The third-order valence-electron chi connectivity index (χ3n) is 1.15. The Bertz CT molecular complexity index is 68.5. The molecule has 7 heavy (non-hydrogen) atoms. The van der Waals surface area contributed by atoms with Gasteiger partial charge in [-0.25, -0.2) is 0 Å². The molecule has 40 valence electrons. The fraction of sp³-hybridized carbons (Fsp3) is 0.800. The van der Waals surface area contributed by atoms with Crippen LogP contribution in [0.3, 0.4) is 0 Å². The number of aldehydes is 1. The lowest BCUT2D eigenvalue weighted by Gasteiger charge is -2.21. The maximum atomic E-state index is 9.79. The van der Waals surface area contributed by atoms with Crippen molar-refractivity contribution in [2.75, 3.05) is 5.75 Å². The SMILES string of the molecule is O=CC[C@H]1CCS1. The maximum absolute atomic E-state index is 9.79. The number of carbonyl (C=O) groups excluding carboxylic acids is 1. The quantitative estimate of drug-likeness (QED) is 0.502. The molecule has 1 aliphatic heterocycles. The zero-order valence-electron chi connectivity index (χ0n) is 4.09. The first-order chi connectivity index (χ1) is 3.43. The maximum Gasteiger partial charge on any atom is 0.121 e. The Labute approximate surface area is 47.5 Å². The van der Waals surface area contributed by atoms with Gasteiger partial charge < -0.3 is 4.79 Å². The second-order valence-corrected chi connectivity index (χ2v) is 3.09. The van der Waals surface area contributed by atoms with Gasteiger partial charge >= 0.3 is 0 Å². The van der Waals surface area contributed by atoms with E-state index in [1.165, 1.54) is 12.2 Å². The minimum atomic E-state index is 0.678. The smallest absolute Gasteiger partial charge is 0.121 e. The third kappa shape index (κ3) is 1.20. The molecule has 0 bridgehead atoms. The fourth-order valence-electron chi connectivity index (χ4n) is 0.578. The first-order valence-corrected chi connectivity index (χ1v) is 3.53. The lowest BCUT2D eigenvalue weighted by atomic mass is 10.2. The van der Waals surface area contributed by atoms with Crippen LogP contribution in [0.25, 0.3) is 0 Å². The monoisotopic (exact) mass is 116 g/mol. The van der Waals surface area contributed by atoms with E-state index in [2.05, 4.69) is 0 Å². The predicted molar refractivity (Wildman–Crippen MR) is 31.5 cm³/mol. The Morgan fingerprint density at radius 2 is 2.57 bits per heavy atom. The summed E-state index contributed by atoms with van der Waals surface area (Å²) in [4.78, 5) is 9.79. The molecular formula is C5H8OS. The molecule has 1 fully saturated rings. The summed E-state index contributed by atoms with van der Waals surface area (Å²) in [7, 11) is 0. The van der Waals surface area contributed by atoms with Crippen LogP contribution < -0.4 is 0 Å². The van der Waals surface area contributed by atoms with Crippen LogP contribution in [0.4, 0.5) is 0 Å². The average Bonchev–Trinajstić information content (AvgIpc) is 1.55. The first kappa shape index (κ1) is 5.16. The van der Waals surface area contributed by atoms with Crippen molar-refractivity contribution >= 4 is 18.0 Å². The molecule has 0 aromatic rings. The van der Waals surface area contributed by atoms with E-state index in [0.29, 0.717) is 5.25 Å². The molecule has 1 nitrogen and oxygen atoms in total. The van der Waals surface area contributed by atoms with Crippen molar-refractivity contribution in [2.45, 2.75) is 18.1 Å². The van der Waals surface area contributed by atoms with Crippen molar-refractivity contribution in [1.82, 2.24) is 0 Å². The summed E-state index contributed by atoms with van der Waals surface area (Å²) >= 11 is 1.90. The Morgan fingerprint density at radius 3 is 2.71 bits per heavy atom. The highest BCUT2D eigenvalue weighted by atomic mass is 32.2. The summed E-state index contributed by atoms with van der Waals surface area (Å²) in [6.45, 7) is 0. The lowest BCUT2D eigenvalue weighted by molar-refractivity contribution is -0.107. The van der Waals surface area contributed by atoms with Crippen molar-refractivity contribution in [3.8, 4) is 0 Å². The molecule has 1 atom stereocenters. The number of hydrogen-bond donors (Lipinski definition) is 0. The molecule has 0 aromatic heterocycles. The van der Waals surface area contributed by atoms with Gasteiger partial charge in [-0.15, -0.1) is 0 Å². The summed E-state index contributed by atoms with van der Waals surface area (Å²) in [5.41, 5.74) is 0. The molecule has 2 heteroatoms. The average molecular weight is 116 g/mol. The van der Waals surface area contributed by atoms with E-state index in [0.717, 1.165) is 12.7 Å². The zero-order valence-corrected chi connectivity index (χ0v) is 4.91. The van der Waals surface area contributed by atoms with Crippen molar-refractivity contribution in [1.29, 1.82) is 0 Å². The standard InChI is InChI=1S/C5H8OS/c6-3-1-5-2-4-7-5/h3,5H,1-2,4H2/t5-/m0/s1. The van der Waals surface area contributed by atoms with Gasteiger partial charge in [0.2, 0.25) is 0 Å². The van der Waals surface area contributed by atoms with Gasteiger partial charge in [0, 0.05) is 11.7 Å². The van der Waals surface area contributed by atoms with E-state index in [4.69, 9.17) is 0 Å². The summed E-state index contributed by atoms with van der Waals surface area (Å²) < 4.78 is 0. The van der Waals surface area contributed by atoms with Gasteiger partial charge in [-0.2, -0.15) is 11.8 Å². The summed E-state index contributed by atoms with van der Waals surface area (Å²) in [5.74, 6) is 1.26. The molecule has 0 amide bonds. The van der Waals surface area contributed by atoms with Crippen LogP contribution in [0.15, 0.2) is 0 Å².